The largest absolute Gasteiger partial charge is 0.309 e. The highest BCUT2D eigenvalue weighted by Gasteiger charge is 2.49. The SMILES string of the molecule is c1ccc(N2c3ccccc3C(c3ccccc3)(c3ccccc3)c3cccc(-c4cccc5c(-c6cccc7ccccc67)c6cccc(-c7cccc8c7N(c7ccccc7)c7ccccc7C8(c7ccccc7)c7ccccc7)c6cc45)c32)cc1. The summed E-state index contributed by atoms with van der Waals surface area (Å²) in [6, 6.07) is 131. The number of fused-ring (bicyclic) bond motifs is 7. The van der Waals surface area contributed by atoms with E-state index in [-0.39, 0.29) is 0 Å². The van der Waals surface area contributed by atoms with Crippen LogP contribution in [0.4, 0.5) is 34.1 Å². The molecule has 15 aromatic rings. The van der Waals surface area contributed by atoms with Gasteiger partial charge in [0.2, 0.25) is 0 Å². The average molecular weight is 1120 g/mol. The lowest BCUT2D eigenvalue weighted by molar-refractivity contribution is 0.731. The van der Waals surface area contributed by atoms with Crippen LogP contribution in [-0.2, 0) is 10.8 Å². The number of para-hydroxylation sites is 6. The summed E-state index contributed by atoms with van der Waals surface area (Å²) >= 11 is 0. The first-order valence-corrected chi connectivity index (χ1v) is 30.6. The van der Waals surface area contributed by atoms with Crippen LogP contribution in [0.5, 0.6) is 0 Å². The smallest absolute Gasteiger partial charge is 0.0742 e. The van der Waals surface area contributed by atoms with Gasteiger partial charge >= 0.3 is 0 Å². The molecule has 2 heteroatoms. The highest BCUT2D eigenvalue weighted by Crippen LogP contribution is 2.63. The van der Waals surface area contributed by atoms with Gasteiger partial charge in [0, 0.05) is 22.5 Å². The van der Waals surface area contributed by atoms with E-state index in [2.05, 4.69) is 362 Å². The molecule has 0 N–H and O–H groups in total. The molecule has 0 amide bonds. The Labute approximate surface area is 513 Å². The van der Waals surface area contributed by atoms with Gasteiger partial charge in [0.15, 0.2) is 0 Å². The van der Waals surface area contributed by atoms with Gasteiger partial charge in [-0.05, 0) is 142 Å². The lowest BCUT2D eigenvalue weighted by atomic mass is 9.62. The van der Waals surface area contributed by atoms with Crippen molar-refractivity contribution in [2.24, 2.45) is 0 Å². The van der Waals surface area contributed by atoms with Gasteiger partial charge in [-0.1, -0.05) is 309 Å². The molecule has 2 aliphatic rings. The van der Waals surface area contributed by atoms with Crippen LogP contribution in [0.3, 0.4) is 0 Å². The lowest BCUT2D eigenvalue weighted by Gasteiger charge is -2.47. The van der Waals surface area contributed by atoms with Crippen LogP contribution >= 0.6 is 0 Å². The van der Waals surface area contributed by atoms with Gasteiger partial charge in [0.05, 0.1) is 33.6 Å². The van der Waals surface area contributed by atoms with Gasteiger partial charge in [-0.3, -0.25) is 0 Å². The number of nitrogens with zero attached hydrogens (tertiary/aromatic N) is 2. The zero-order valence-electron chi connectivity index (χ0n) is 48.4. The van der Waals surface area contributed by atoms with E-state index in [4.69, 9.17) is 0 Å². The summed E-state index contributed by atoms with van der Waals surface area (Å²) in [4.78, 5) is 5.08. The highest BCUT2D eigenvalue weighted by molar-refractivity contribution is 6.23. The predicted octanol–water partition coefficient (Wildman–Crippen LogP) is 22.5. The minimum atomic E-state index is -0.682. The lowest BCUT2D eigenvalue weighted by Crippen LogP contribution is -2.38. The van der Waals surface area contributed by atoms with Gasteiger partial charge < -0.3 is 9.80 Å². The Kier molecular flexibility index (Phi) is 12.0. The van der Waals surface area contributed by atoms with Crippen LogP contribution in [-0.4, -0.2) is 0 Å². The van der Waals surface area contributed by atoms with E-state index in [1.807, 2.05) is 0 Å². The summed E-state index contributed by atoms with van der Waals surface area (Å²) < 4.78 is 0. The molecule has 0 spiro atoms. The van der Waals surface area contributed by atoms with E-state index in [1.165, 1.54) is 88.0 Å². The minimum Gasteiger partial charge on any atom is -0.309 e. The molecule has 0 unspecified atom stereocenters. The third-order valence-corrected chi connectivity index (χ3v) is 19.0. The summed E-state index contributed by atoms with van der Waals surface area (Å²) in [5.41, 5.74) is 22.2. The molecule has 0 saturated carbocycles. The Hall–Kier alpha value is -11.3. The van der Waals surface area contributed by atoms with Crippen molar-refractivity contribution in [2.45, 2.75) is 10.8 Å². The molecule has 0 aromatic heterocycles. The molecular formula is C86H58N2. The van der Waals surface area contributed by atoms with Crippen molar-refractivity contribution in [1.29, 1.82) is 0 Å². The summed E-state index contributed by atoms with van der Waals surface area (Å²) in [6.45, 7) is 0. The van der Waals surface area contributed by atoms with Crippen molar-refractivity contribution >= 4 is 66.4 Å². The Morgan fingerprint density at radius 1 is 0.205 bits per heavy atom. The van der Waals surface area contributed by atoms with Crippen LogP contribution in [0.1, 0.15) is 44.5 Å². The van der Waals surface area contributed by atoms with E-state index >= 15 is 0 Å². The quantitative estimate of drug-likeness (QED) is 0.133. The van der Waals surface area contributed by atoms with E-state index in [9.17, 15) is 0 Å². The average Bonchev–Trinajstić information content (AvgIpc) is 0.781. The molecule has 88 heavy (non-hydrogen) atoms. The number of rotatable bonds is 9. The van der Waals surface area contributed by atoms with Gasteiger partial charge in [-0.25, -0.2) is 0 Å². The Bertz CT molecular complexity index is 4770. The van der Waals surface area contributed by atoms with Gasteiger partial charge in [0.25, 0.3) is 0 Å². The monoisotopic (exact) mass is 1120 g/mol. The molecule has 2 nitrogen and oxygen atoms in total. The molecule has 0 aliphatic carbocycles. The molecule has 0 radical (unpaired) electrons. The van der Waals surface area contributed by atoms with E-state index in [0.717, 1.165) is 56.4 Å². The van der Waals surface area contributed by atoms with E-state index in [1.54, 1.807) is 0 Å². The molecule has 2 heterocycles. The second kappa shape index (κ2) is 20.7. The molecule has 0 saturated heterocycles. The number of benzene rings is 15. The zero-order valence-corrected chi connectivity index (χ0v) is 48.4. The second-order valence-electron chi connectivity index (χ2n) is 23.3. The predicted molar refractivity (Wildman–Crippen MR) is 368 cm³/mol. The Balaban J connectivity index is 1.02. The molecule has 17 rings (SSSR count). The molecule has 0 bridgehead atoms. The fraction of sp³-hybridized carbons (Fsp3) is 0.0233. The first-order chi connectivity index (χ1) is 43.7. The first kappa shape index (κ1) is 51.1. The Morgan fingerprint density at radius 3 is 0.955 bits per heavy atom. The molecule has 0 atom stereocenters. The van der Waals surface area contributed by atoms with Gasteiger partial charge in [0.1, 0.15) is 0 Å². The maximum absolute atomic E-state index is 2.54. The fourth-order valence-corrected chi connectivity index (χ4v) is 15.5. The van der Waals surface area contributed by atoms with Crippen LogP contribution in [0.25, 0.3) is 65.7 Å². The third-order valence-electron chi connectivity index (χ3n) is 19.0. The Morgan fingerprint density at radius 2 is 0.511 bits per heavy atom. The first-order valence-electron chi connectivity index (χ1n) is 30.6. The van der Waals surface area contributed by atoms with Gasteiger partial charge in [-0.2, -0.15) is 0 Å². The summed E-state index contributed by atoms with van der Waals surface area (Å²) in [5, 5.41) is 7.16. The van der Waals surface area contributed by atoms with Crippen LogP contribution < -0.4 is 9.80 Å². The molecule has 0 fully saturated rings. The summed E-state index contributed by atoms with van der Waals surface area (Å²) in [6.07, 6.45) is 0. The van der Waals surface area contributed by atoms with Crippen molar-refractivity contribution in [1.82, 2.24) is 0 Å². The van der Waals surface area contributed by atoms with Gasteiger partial charge in [-0.15, -0.1) is 0 Å². The zero-order chi connectivity index (χ0) is 58.2. The normalized spacial score (nSPS) is 13.6. The van der Waals surface area contributed by atoms with Crippen molar-refractivity contribution in [2.75, 3.05) is 9.80 Å². The number of hydrogen-bond donors (Lipinski definition) is 0. The number of anilines is 6. The molecule has 2 aliphatic heterocycles. The minimum absolute atomic E-state index is 0.682. The molecule has 15 aromatic carbocycles. The van der Waals surface area contributed by atoms with E-state index in [0.29, 0.717) is 0 Å². The summed E-state index contributed by atoms with van der Waals surface area (Å²) in [7, 11) is 0. The number of hydrogen-bond acceptors (Lipinski definition) is 2. The van der Waals surface area contributed by atoms with E-state index < -0.39 is 10.8 Å². The molecule has 412 valence electrons. The van der Waals surface area contributed by atoms with Crippen LogP contribution in [0, 0.1) is 0 Å². The van der Waals surface area contributed by atoms with Crippen molar-refractivity contribution in [3.05, 3.63) is 396 Å². The van der Waals surface area contributed by atoms with Crippen molar-refractivity contribution < 1.29 is 0 Å². The van der Waals surface area contributed by atoms with Crippen molar-refractivity contribution in [3.63, 3.8) is 0 Å². The fourth-order valence-electron chi connectivity index (χ4n) is 15.5. The maximum Gasteiger partial charge on any atom is 0.0742 e. The topological polar surface area (TPSA) is 6.48 Å². The maximum atomic E-state index is 2.54. The summed E-state index contributed by atoms with van der Waals surface area (Å²) in [5.74, 6) is 0. The standard InChI is InChI=1S/C86H58N2/c1-7-32-60(33-8-1)85(61-34-9-2-10-35-61)76-52-21-23-56-80(76)87(64-40-15-5-16-41-64)83-72(50-28-54-78(83)85)67-45-26-48-70-74(67)58-75-68(46-27-49-71(75)82(70)69-47-25-31-59-30-19-20-44-66(59)69)73-51-29-55-79-84(73)88(65-42-17-6-18-43-65)81-57-24-22-53-77(81)86(79,62-36-11-3-12-37-62)63-38-13-4-14-39-63/h1-58H. The second-order valence-corrected chi connectivity index (χ2v) is 23.3. The third kappa shape index (κ3) is 7.55. The van der Waals surface area contributed by atoms with Crippen LogP contribution in [0.2, 0.25) is 0 Å². The molecular weight excluding hydrogens is 1060 g/mol. The van der Waals surface area contributed by atoms with Crippen molar-refractivity contribution in [3.8, 4) is 33.4 Å². The van der Waals surface area contributed by atoms with Crippen LogP contribution in [0.15, 0.2) is 352 Å². The highest BCUT2D eigenvalue weighted by atomic mass is 15.2.